The van der Waals surface area contributed by atoms with Crippen molar-refractivity contribution in [1.29, 1.82) is 0 Å². The lowest BCUT2D eigenvalue weighted by atomic mass is 10.2. The Morgan fingerprint density at radius 3 is 3.13 bits per heavy atom. The lowest BCUT2D eigenvalue weighted by Gasteiger charge is -2.12. The molecular formula is C18H21NO3S. The van der Waals surface area contributed by atoms with E-state index in [1.54, 1.807) is 11.3 Å². The molecule has 1 fully saturated rings. The average Bonchev–Trinajstić information content (AvgIpc) is 3.25. The maximum Gasteiger partial charge on any atom is 0.224 e. The van der Waals surface area contributed by atoms with E-state index in [1.807, 2.05) is 29.6 Å². The van der Waals surface area contributed by atoms with Crippen LogP contribution in [-0.4, -0.2) is 25.2 Å². The second-order valence-corrected chi connectivity index (χ2v) is 6.43. The molecule has 0 saturated carbocycles. The first-order valence-electron chi connectivity index (χ1n) is 7.95. The van der Waals surface area contributed by atoms with Crippen molar-refractivity contribution in [3.05, 3.63) is 46.7 Å². The number of rotatable bonds is 7. The van der Waals surface area contributed by atoms with Gasteiger partial charge in [-0.3, -0.25) is 4.79 Å². The zero-order valence-corrected chi connectivity index (χ0v) is 13.8. The van der Waals surface area contributed by atoms with E-state index in [9.17, 15) is 4.79 Å². The summed E-state index contributed by atoms with van der Waals surface area (Å²) in [6.45, 7) is 1.39. The molecule has 1 atom stereocenters. The van der Waals surface area contributed by atoms with Crippen molar-refractivity contribution in [2.75, 3.05) is 18.5 Å². The zero-order valence-electron chi connectivity index (χ0n) is 13.0. The van der Waals surface area contributed by atoms with Crippen molar-refractivity contribution >= 4 is 22.9 Å². The molecule has 1 amide bonds. The number of benzene rings is 1. The van der Waals surface area contributed by atoms with Crippen LogP contribution in [0, 0.1) is 0 Å². The minimum atomic E-state index is 0.0208. The van der Waals surface area contributed by atoms with Gasteiger partial charge in [0.15, 0.2) is 0 Å². The first-order chi connectivity index (χ1) is 11.3. The molecule has 4 nitrogen and oxygen atoms in total. The molecule has 1 aromatic heterocycles. The number of hydrogen-bond donors (Lipinski definition) is 1. The number of thiophene rings is 1. The summed E-state index contributed by atoms with van der Waals surface area (Å²) in [7, 11) is 0. The molecule has 23 heavy (non-hydrogen) atoms. The van der Waals surface area contributed by atoms with Crippen LogP contribution in [0.25, 0.3) is 0 Å². The predicted molar refractivity (Wildman–Crippen MR) is 92.2 cm³/mol. The predicted octanol–water partition coefficient (Wildman–Crippen LogP) is 3.88. The summed E-state index contributed by atoms with van der Waals surface area (Å²) in [5.41, 5.74) is 1.98. The molecule has 1 saturated heterocycles. The Labute approximate surface area is 140 Å². The van der Waals surface area contributed by atoms with Crippen LogP contribution in [0.4, 0.5) is 5.69 Å². The van der Waals surface area contributed by atoms with Crippen molar-refractivity contribution < 1.29 is 14.3 Å². The topological polar surface area (TPSA) is 47.6 Å². The molecule has 122 valence electrons. The maximum absolute atomic E-state index is 12.0. The van der Waals surface area contributed by atoms with Gasteiger partial charge >= 0.3 is 0 Å². The molecule has 0 radical (unpaired) electrons. The van der Waals surface area contributed by atoms with Crippen LogP contribution < -0.4 is 10.1 Å². The van der Waals surface area contributed by atoms with Crippen LogP contribution in [-0.2, 0) is 16.0 Å². The van der Waals surface area contributed by atoms with Gasteiger partial charge in [-0.15, -0.1) is 0 Å². The summed E-state index contributed by atoms with van der Waals surface area (Å²) in [5, 5.41) is 7.03. The van der Waals surface area contributed by atoms with E-state index in [-0.39, 0.29) is 12.0 Å². The van der Waals surface area contributed by atoms with Crippen molar-refractivity contribution in [1.82, 2.24) is 0 Å². The van der Waals surface area contributed by atoms with Crippen molar-refractivity contribution in [3.63, 3.8) is 0 Å². The largest absolute Gasteiger partial charge is 0.491 e. The highest BCUT2D eigenvalue weighted by Crippen LogP contribution is 2.20. The maximum atomic E-state index is 12.0. The first kappa shape index (κ1) is 16.0. The Balaban J connectivity index is 1.47. The molecule has 2 aromatic rings. The Morgan fingerprint density at radius 1 is 1.39 bits per heavy atom. The Kier molecular flexibility index (Phi) is 5.66. The molecule has 1 unspecified atom stereocenters. The molecule has 0 spiro atoms. The fraction of sp³-hybridized carbons (Fsp3) is 0.389. The zero-order chi connectivity index (χ0) is 15.9. The van der Waals surface area contributed by atoms with E-state index in [0.717, 1.165) is 37.3 Å². The molecule has 5 heteroatoms. The van der Waals surface area contributed by atoms with Crippen LogP contribution in [0.3, 0.4) is 0 Å². The van der Waals surface area contributed by atoms with Gasteiger partial charge in [0.25, 0.3) is 0 Å². The van der Waals surface area contributed by atoms with Crippen molar-refractivity contribution in [2.45, 2.75) is 31.8 Å². The molecular weight excluding hydrogens is 310 g/mol. The third kappa shape index (κ3) is 5.08. The van der Waals surface area contributed by atoms with Crippen LogP contribution in [0.1, 0.15) is 24.8 Å². The summed E-state index contributed by atoms with van der Waals surface area (Å²) in [5.74, 6) is 0.781. The number of carbonyl (C=O) groups excluding carboxylic acids is 1. The molecule has 0 aliphatic carbocycles. The molecule has 2 heterocycles. The van der Waals surface area contributed by atoms with Gasteiger partial charge in [-0.2, -0.15) is 11.3 Å². The van der Waals surface area contributed by atoms with Gasteiger partial charge in [0, 0.05) is 24.8 Å². The molecule has 1 aromatic carbocycles. The van der Waals surface area contributed by atoms with Gasteiger partial charge in [-0.05, 0) is 53.8 Å². The highest BCUT2D eigenvalue weighted by Gasteiger charge is 2.16. The number of anilines is 1. The van der Waals surface area contributed by atoms with Gasteiger partial charge in [0.05, 0.1) is 6.10 Å². The number of aryl methyl sites for hydroxylation is 1. The summed E-state index contributed by atoms with van der Waals surface area (Å²) in [4.78, 5) is 12.0. The highest BCUT2D eigenvalue weighted by molar-refractivity contribution is 7.07. The lowest BCUT2D eigenvalue weighted by Crippen LogP contribution is -2.16. The van der Waals surface area contributed by atoms with E-state index in [0.29, 0.717) is 13.0 Å². The summed E-state index contributed by atoms with van der Waals surface area (Å²) in [6.07, 6.45) is 3.61. The van der Waals surface area contributed by atoms with Gasteiger partial charge in [0.2, 0.25) is 5.91 Å². The van der Waals surface area contributed by atoms with E-state index < -0.39 is 0 Å². The number of carbonyl (C=O) groups is 1. The van der Waals surface area contributed by atoms with Gasteiger partial charge < -0.3 is 14.8 Å². The molecule has 0 bridgehead atoms. The minimum absolute atomic E-state index is 0.0208. The van der Waals surface area contributed by atoms with E-state index >= 15 is 0 Å². The second-order valence-electron chi connectivity index (χ2n) is 5.65. The number of nitrogens with one attached hydrogen (secondary N) is 1. The van der Waals surface area contributed by atoms with Crippen LogP contribution in [0.5, 0.6) is 5.75 Å². The fourth-order valence-electron chi connectivity index (χ4n) is 2.54. The van der Waals surface area contributed by atoms with Gasteiger partial charge in [0.1, 0.15) is 12.4 Å². The SMILES string of the molecule is O=C(CCc1ccsc1)Nc1cccc(OCC2CCCO2)c1. The van der Waals surface area contributed by atoms with E-state index in [1.165, 1.54) is 5.56 Å². The number of amides is 1. The third-order valence-corrected chi connectivity index (χ3v) is 4.53. The standard InChI is InChI=1S/C18H21NO3S/c20-18(7-6-14-8-10-23-13-14)19-15-3-1-4-16(11-15)22-12-17-5-2-9-21-17/h1,3-4,8,10-11,13,17H,2,5-7,9,12H2,(H,19,20). The summed E-state index contributed by atoms with van der Waals surface area (Å²) in [6, 6.07) is 9.58. The third-order valence-electron chi connectivity index (χ3n) is 3.80. The Hall–Kier alpha value is -1.85. The monoisotopic (exact) mass is 331 g/mol. The van der Waals surface area contributed by atoms with Crippen LogP contribution in [0.2, 0.25) is 0 Å². The Bertz CT molecular complexity index is 621. The minimum Gasteiger partial charge on any atom is -0.491 e. The van der Waals surface area contributed by atoms with Gasteiger partial charge in [-0.25, -0.2) is 0 Å². The lowest BCUT2D eigenvalue weighted by molar-refractivity contribution is -0.116. The summed E-state index contributed by atoms with van der Waals surface area (Å²) < 4.78 is 11.3. The van der Waals surface area contributed by atoms with E-state index in [2.05, 4.69) is 16.8 Å². The van der Waals surface area contributed by atoms with Crippen molar-refractivity contribution in [2.24, 2.45) is 0 Å². The van der Waals surface area contributed by atoms with Crippen LogP contribution in [0.15, 0.2) is 41.1 Å². The van der Waals surface area contributed by atoms with Crippen LogP contribution >= 0.6 is 11.3 Å². The number of hydrogen-bond acceptors (Lipinski definition) is 4. The van der Waals surface area contributed by atoms with Crippen molar-refractivity contribution in [3.8, 4) is 5.75 Å². The number of ether oxygens (including phenoxy) is 2. The summed E-state index contributed by atoms with van der Waals surface area (Å²) >= 11 is 1.65. The van der Waals surface area contributed by atoms with Gasteiger partial charge in [-0.1, -0.05) is 6.07 Å². The molecule has 1 N–H and O–H groups in total. The molecule has 3 rings (SSSR count). The average molecular weight is 331 g/mol. The second kappa shape index (κ2) is 8.13. The fourth-order valence-corrected chi connectivity index (χ4v) is 3.25. The highest BCUT2D eigenvalue weighted by atomic mass is 32.1. The quantitative estimate of drug-likeness (QED) is 0.837. The Morgan fingerprint density at radius 2 is 2.35 bits per heavy atom. The van der Waals surface area contributed by atoms with E-state index in [4.69, 9.17) is 9.47 Å². The molecule has 1 aliphatic heterocycles. The molecule has 1 aliphatic rings. The normalized spacial score (nSPS) is 17.1. The first-order valence-corrected chi connectivity index (χ1v) is 8.89. The smallest absolute Gasteiger partial charge is 0.224 e.